The number of Topliss-reactive ketones (excluding diaryl/α,β-unsaturated/α-hetero) is 1. The highest BCUT2D eigenvalue weighted by molar-refractivity contribution is 6.32. The minimum absolute atomic E-state index is 0.0718. The van der Waals surface area contributed by atoms with Gasteiger partial charge in [0.2, 0.25) is 0 Å². The van der Waals surface area contributed by atoms with Gasteiger partial charge in [0.1, 0.15) is 17.3 Å². The summed E-state index contributed by atoms with van der Waals surface area (Å²) in [4.78, 5) is 11.4. The molecule has 2 aromatic carbocycles. The Kier molecular flexibility index (Phi) is 3.63. The minimum atomic E-state index is -0.605. The number of hydrogen-bond acceptors (Lipinski definition) is 2. The van der Waals surface area contributed by atoms with Crippen molar-refractivity contribution in [3.63, 3.8) is 0 Å². The average Bonchev–Trinajstić information content (AvgIpc) is 2.31. The Bertz CT molecular complexity index is 596. The first-order chi connectivity index (χ1) is 8.59. The third-order valence-corrected chi connectivity index (χ3v) is 2.70. The van der Waals surface area contributed by atoms with Crippen LogP contribution in [0.15, 0.2) is 42.5 Å². The third-order valence-electron chi connectivity index (χ3n) is 2.38. The molecule has 0 amide bonds. The summed E-state index contributed by atoms with van der Waals surface area (Å²) in [6.07, 6.45) is 0. The smallest absolute Gasteiger partial charge is 0.166 e. The standard InChI is InChI=1S/C14H10ClFO2/c1-9(17)14-11(16)6-4-8-13(14)18-12-7-3-2-5-10(12)15/h2-8H,1H3. The lowest BCUT2D eigenvalue weighted by molar-refractivity contribution is 0.101. The number of ketones is 1. The third kappa shape index (κ3) is 2.51. The molecule has 2 nitrogen and oxygen atoms in total. The van der Waals surface area contributed by atoms with Crippen LogP contribution >= 0.6 is 11.6 Å². The van der Waals surface area contributed by atoms with E-state index in [1.165, 1.54) is 25.1 Å². The fraction of sp³-hybridized carbons (Fsp3) is 0.0714. The van der Waals surface area contributed by atoms with E-state index in [1.54, 1.807) is 24.3 Å². The fourth-order valence-corrected chi connectivity index (χ4v) is 1.75. The van der Waals surface area contributed by atoms with E-state index in [2.05, 4.69) is 0 Å². The summed E-state index contributed by atoms with van der Waals surface area (Å²) < 4.78 is 19.1. The van der Waals surface area contributed by atoms with Gasteiger partial charge in [-0.15, -0.1) is 0 Å². The van der Waals surface area contributed by atoms with Crippen LogP contribution in [0.1, 0.15) is 17.3 Å². The molecule has 0 N–H and O–H groups in total. The van der Waals surface area contributed by atoms with Crippen molar-refractivity contribution in [1.29, 1.82) is 0 Å². The first-order valence-electron chi connectivity index (χ1n) is 5.31. The van der Waals surface area contributed by atoms with Crippen molar-refractivity contribution in [2.45, 2.75) is 6.92 Å². The molecule has 0 aliphatic carbocycles. The number of halogens is 2. The molecular weight excluding hydrogens is 255 g/mol. The Morgan fingerprint density at radius 1 is 1.11 bits per heavy atom. The van der Waals surface area contributed by atoms with Crippen molar-refractivity contribution >= 4 is 17.4 Å². The monoisotopic (exact) mass is 264 g/mol. The minimum Gasteiger partial charge on any atom is -0.455 e. The van der Waals surface area contributed by atoms with Crippen LogP contribution in [0.3, 0.4) is 0 Å². The van der Waals surface area contributed by atoms with Gasteiger partial charge < -0.3 is 4.74 Å². The molecule has 18 heavy (non-hydrogen) atoms. The van der Waals surface area contributed by atoms with Gasteiger partial charge in [-0.3, -0.25) is 4.79 Å². The summed E-state index contributed by atoms with van der Waals surface area (Å²) in [6.45, 7) is 1.29. The zero-order valence-corrected chi connectivity index (χ0v) is 10.4. The molecule has 2 aromatic rings. The maximum atomic E-state index is 13.6. The van der Waals surface area contributed by atoms with Crippen molar-refractivity contribution < 1.29 is 13.9 Å². The molecule has 0 aromatic heterocycles. The summed E-state index contributed by atoms with van der Waals surface area (Å²) in [5, 5.41) is 0.399. The van der Waals surface area contributed by atoms with Crippen molar-refractivity contribution in [1.82, 2.24) is 0 Å². The van der Waals surface area contributed by atoms with Gasteiger partial charge in [0.15, 0.2) is 5.78 Å². The molecule has 0 spiro atoms. The molecule has 0 fully saturated rings. The van der Waals surface area contributed by atoms with Crippen molar-refractivity contribution in [3.8, 4) is 11.5 Å². The quantitative estimate of drug-likeness (QED) is 0.765. The lowest BCUT2D eigenvalue weighted by atomic mass is 10.1. The number of ether oxygens (including phenoxy) is 1. The molecule has 0 radical (unpaired) electrons. The zero-order valence-electron chi connectivity index (χ0n) is 9.61. The molecule has 0 aliphatic rings. The second-order valence-electron chi connectivity index (χ2n) is 3.70. The van der Waals surface area contributed by atoms with Crippen LogP contribution in [0.2, 0.25) is 5.02 Å². The Hall–Kier alpha value is -1.87. The van der Waals surface area contributed by atoms with Gasteiger partial charge in [-0.25, -0.2) is 4.39 Å². The number of carbonyl (C=O) groups is 1. The molecule has 2 rings (SSSR count). The van der Waals surface area contributed by atoms with Crippen LogP contribution in [0.5, 0.6) is 11.5 Å². The number of carbonyl (C=O) groups excluding carboxylic acids is 1. The van der Waals surface area contributed by atoms with E-state index >= 15 is 0 Å². The summed E-state index contributed by atoms with van der Waals surface area (Å²) in [5.74, 6) is -0.454. The molecule has 92 valence electrons. The van der Waals surface area contributed by atoms with Crippen molar-refractivity contribution in [3.05, 3.63) is 58.9 Å². The van der Waals surface area contributed by atoms with Gasteiger partial charge in [-0.05, 0) is 31.2 Å². The van der Waals surface area contributed by atoms with Crippen molar-refractivity contribution in [2.75, 3.05) is 0 Å². The second kappa shape index (κ2) is 5.19. The van der Waals surface area contributed by atoms with E-state index in [0.29, 0.717) is 10.8 Å². The number of hydrogen-bond donors (Lipinski definition) is 0. The van der Waals surface area contributed by atoms with E-state index in [0.717, 1.165) is 0 Å². The summed E-state index contributed by atoms with van der Waals surface area (Å²) in [6, 6.07) is 11.0. The molecule has 0 unspecified atom stereocenters. The van der Waals surface area contributed by atoms with Gasteiger partial charge in [-0.1, -0.05) is 29.8 Å². The Labute approximate surface area is 109 Å². The summed E-state index contributed by atoms with van der Waals surface area (Å²) >= 11 is 5.94. The predicted molar refractivity (Wildman–Crippen MR) is 67.9 cm³/mol. The maximum Gasteiger partial charge on any atom is 0.166 e. The zero-order chi connectivity index (χ0) is 13.1. The molecule has 0 atom stereocenters. The van der Waals surface area contributed by atoms with Crippen LogP contribution in [0.4, 0.5) is 4.39 Å². The van der Waals surface area contributed by atoms with Gasteiger partial charge in [-0.2, -0.15) is 0 Å². The van der Waals surface area contributed by atoms with Crippen LogP contribution in [-0.4, -0.2) is 5.78 Å². The highest BCUT2D eigenvalue weighted by Gasteiger charge is 2.15. The van der Waals surface area contributed by atoms with E-state index in [1.807, 2.05) is 0 Å². The van der Waals surface area contributed by atoms with E-state index < -0.39 is 11.6 Å². The van der Waals surface area contributed by atoms with Crippen LogP contribution in [0, 0.1) is 5.82 Å². The topological polar surface area (TPSA) is 26.3 Å². The van der Waals surface area contributed by atoms with E-state index in [-0.39, 0.29) is 11.3 Å². The van der Waals surface area contributed by atoms with Crippen LogP contribution in [0.25, 0.3) is 0 Å². The lowest BCUT2D eigenvalue weighted by Gasteiger charge is -2.10. The summed E-state index contributed by atoms with van der Waals surface area (Å²) in [7, 11) is 0. The SMILES string of the molecule is CC(=O)c1c(F)cccc1Oc1ccccc1Cl. The van der Waals surface area contributed by atoms with Crippen LogP contribution in [-0.2, 0) is 0 Å². The molecule has 0 saturated carbocycles. The molecule has 0 heterocycles. The first-order valence-corrected chi connectivity index (χ1v) is 5.69. The Balaban J connectivity index is 2.44. The van der Waals surface area contributed by atoms with Crippen LogP contribution < -0.4 is 4.74 Å². The fourth-order valence-electron chi connectivity index (χ4n) is 1.58. The first kappa shape index (κ1) is 12.6. The largest absolute Gasteiger partial charge is 0.455 e. The molecule has 0 saturated heterocycles. The number of benzene rings is 2. The predicted octanol–water partition coefficient (Wildman–Crippen LogP) is 4.47. The van der Waals surface area contributed by atoms with Gasteiger partial charge in [0.05, 0.1) is 10.6 Å². The van der Waals surface area contributed by atoms with E-state index in [4.69, 9.17) is 16.3 Å². The number of para-hydroxylation sites is 1. The summed E-state index contributed by atoms with van der Waals surface area (Å²) in [5.41, 5.74) is -0.0718. The van der Waals surface area contributed by atoms with E-state index in [9.17, 15) is 9.18 Å². The van der Waals surface area contributed by atoms with Gasteiger partial charge >= 0.3 is 0 Å². The Morgan fingerprint density at radius 3 is 2.44 bits per heavy atom. The Morgan fingerprint density at radius 2 is 1.78 bits per heavy atom. The molecule has 0 bridgehead atoms. The van der Waals surface area contributed by atoms with Gasteiger partial charge in [0, 0.05) is 0 Å². The lowest BCUT2D eigenvalue weighted by Crippen LogP contribution is -2.00. The highest BCUT2D eigenvalue weighted by Crippen LogP contribution is 2.31. The molecule has 0 aliphatic heterocycles. The second-order valence-corrected chi connectivity index (χ2v) is 4.11. The maximum absolute atomic E-state index is 13.6. The average molecular weight is 265 g/mol. The van der Waals surface area contributed by atoms with Gasteiger partial charge in [0.25, 0.3) is 0 Å². The van der Waals surface area contributed by atoms with Crippen molar-refractivity contribution in [2.24, 2.45) is 0 Å². The number of rotatable bonds is 3. The molecular formula is C14H10ClFO2. The highest BCUT2D eigenvalue weighted by atomic mass is 35.5. The normalized spacial score (nSPS) is 10.2. The molecule has 4 heteroatoms.